The van der Waals surface area contributed by atoms with Crippen LogP contribution in [0.3, 0.4) is 0 Å². The molecular weight excluding hydrogens is 292 g/mol. The number of esters is 1. The van der Waals surface area contributed by atoms with Gasteiger partial charge in [-0.2, -0.15) is 8.78 Å². The Labute approximate surface area is 118 Å². The first kappa shape index (κ1) is 16.4. The molecule has 1 aromatic rings. The number of amides is 1. The van der Waals surface area contributed by atoms with Gasteiger partial charge in [-0.15, -0.1) is 11.3 Å². The second-order valence-electron chi connectivity index (χ2n) is 3.78. The third kappa shape index (κ3) is 5.52. The minimum absolute atomic E-state index is 0.110. The number of rotatable bonds is 8. The Balaban J connectivity index is 2.32. The van der Waals surface area contributed by atoms with E-state index in [0.29, 0.717) is 19.4 Å². The maximum absolute atomic E-state index is 12.1. The first-order valence-corrected chi connectivity index (χ1v) is 6.80. The van der Waals surface area contributed by atoms with Crippen molar-refractivity contribution in [2.24, 2.45) is 0 Å². The normalized spacial score (nSPS) is 10.4. The van der Waals surface area contributed by atoms with E-state index in [1.807, 2.05) is 0 Å². The molecule has 0 spiro atoms. The first-order chi connectivity index (χ1) is 9.54. The van der Waals surface area contributed by atoms with Crippen LogP contribution in [0.2, 0.25) is 0 Å². The van der Waals surface area contributed by atoms with Crippen LogP contribution in [0.1, 0.15) is 28.9 Å². The molecule has 0 aliphatic rings. The number of hydrogen-bond donors (Lipinski definition) is 1. The molecule has 112 valence electrons. The lowest BCUT2D eigenvalue weighted by Gasteiger charge is -2.06. The SMILES string of the molecule is COC(=O)CCCCNC(=O)c1sccc1OC(F)F. The molecule has 0 bridgehead atoms. The van der Waals surface area contributed by atoms with Gasteiger partial charge in [0.1, 0.15) is 10.6 Å². The first-order valence-electron chi connectivity index (χ1n) is 5.92. The highest BCUT2D eigenvalue weighted by atomic mass is 32.1. The molecule has 8 heteroatoms. The summed E-state index contributed by atoms with van der Waals surface area (Å²) in [5.74, 6) is -0.895. The number of carbonyl (C=O) groups is 2. The zero-order valence-electron chi connectivity index (χ0n) is 10.9. The number of alkyl halides is 2. The third-order valence-corrected chi connectivity index (χ3v) is 3.27. The summed E-state index contributed by atoms with van der Waals surface area (Å²) >= 11 is 1.03. The van der Waals surface area contributed by atoms with Crippen molar-refractivity contribution >= 4 is 23.2 Å². The number of ether oxygens (including phenoxy) is 2. The second-order valence-corrected chi connectivity index (χ2v) is 4.70. The number of nitrogens with one attached hydrogen (secondary N) is 1. The molecule has 0 aromatic carbocycles. The average molecular weight is 307 g/mol. The molecule has 0 aliphatic heterocycles. The van der Waals surface area contributed by atoms with Crippen molar-refractivity contribution in [3.63, 3.8) is 0 Å². The number of halogens is 2. The van der Waals surface area contributed by atoms with Crippen LogP contribution in [0, 0.1) is 0 Å². The summed E-state index contributed by atoms with van der Waals surface area (Å²) < 4.78 is 32.9. The zero-order chi connectivity index (χ0) is 15.0. The molecule has 1 aromatic heterocycles. The van der Waals surface area contributed by atoms with Crippen molar-refractivity contribution in [3.05, 3.63) is 16.3 Å². The molecule has 0 saturated carbocycles. The fraction of sp³-hybridized carbons (Fsp3) is 0.500. The van der Waals surface area contributed by atoms with Crippen LogP contribution in [-0.2, 0) is 9.53 Å². The van der Waals surface area contributed by atoms with Crippen molar-refractivity contribution < 1.29 is 27.8 Å². The van der Waals surface area contributed by atoms with Crippen LogP contribution in [-0.4, -0.2) is 32.1 Å². The van der Waals surface area contributed by atoms with E-state index >= 15 is 0 Å². The van der Waals surface area contributed by atoms with Crippen molar-refractivity contribution in [1.29, 1.82) is 0 Å². The zero-order valence-corrected chi connectivity index (χ0v) is 11.7. The molecule has 0 saturated heterocycles. The Kier molecular flexibility index (Phi) is 6.92. The average Bonchev–Trinajstić information content (AvgIpc) is 2.85. The third-order valence-electron chi connectivity index (χ3n) is 2.37. The maximum Gasteiger partial charge on any atom is 0.387 e. The minimum atomic E-state index is -2.96. The van der Waals surface area contributed by atoms with Crippen molar-refractivity contribution in [3.8, 4) is 5.75 Å². The summed E-state index contributed by atoms with van der Waals surface area (Å²) in [5.41, 5.74) is 0. The summed E-state index contributed by atoms with van der Waals surface area (Å²) in [6.45, 7) is -2.61. The molecule has 0 atom stereocenters. The highest BCUT2D eigenvalue weighted by Gasteiger charge is 2.16. The van der Waals surface area contributed by atoms with E-state index in [1.54, 1.807) is 0 Å². The molecular formula is C12H15F2NO4S. The van der Waals surface area contributed by atoms with Crippen molar-refractivity contribution in [2.75, 3.05) is 13.7 Å². The van der Waals surface area contributed by atoms with Gasteiger partial charge >= 0.3 is 12.6 Å². The van der Waals surface area contributed by atoms with Gasteiger partial charge in [-0.3, -0.25) is 9.59 Å². The summed E-state index contributed by atoms with van der Waals surface area (Å²) in [4.78, 5) is 22.7. The maximum atomic E-state index is 12.1. The number of thiophene rings is 1. The lowest BCUT2D eigenvalue weighted by molar-refractivity contribution is -0.140. The lowest BCUT2D eigenvalue weighted by atomic mass is 10.2. The Hall–Kier alpha value is -1.70. The summed E-state index contributed by atoms with van der Waals surface area (Å²) in [6.07, 6.45) is 1.46. The van der Waals surface area contributed by atoms with E-state index in [4.69, 9.17) is 0 Å². The lowest BCUT2D eigenvalue weighted by Crippen LogP contribution is -2.24. The predicted octanol–water partition coefficient (Wildman–Crippen LogP) is 2.42. The highest BCUT2D eigenvalue weighted by Crippen LogP contribution is 2.26. The molecule has 1 rings (SSSR count). The van der Waals surface area contributed by atoms with E-state index < -0.39 is 12.5 Å². The monoisotopic (exact) mass is 307 g/mol. The number of hydrogen-bond acceptors (Lipinski definition) is 5. The number of unbranched alkanes of at least 4 members (excludes halogenated alkanes) is 1. The van der Waals surface area contributed by atoms with Gasteiger partial charge in [0.25, 0.3) is 5.91 Å². The van der Waals surface area contributed by atoms with Crippen LogP contribution in [0.25, 0.3) is 0 Å². The predicted molar refractivity (Wildman–Crippen MR) is 69.2 cm³/mol. The van der Waals surface area contributed by atoms with Crippen LogP contribution >= 0.6 is 11.3 Å². The summed E-state index contributed by atoms with van der Waals surface area (Å²) in [5, 5.41) is 4.09. The Bertz CT molecular complexity index is 450. The van der Waals surface area contributed by atoms with Gasteiger partial charge in [-0.1, -0.05) is 0 Å². The molecule has 1 amide bonds. The van der Waals surface area contributed by atoms with Crippen LogP contribution in [0.4, 0.5) is 8.78 Å². The Morgan fingerprint density at radius 2 is 2.15 bits per heavy atom. The summed E-state index contributed by atoms with van der Waals surface area (Å²) in [7, 11) is 1.31. The smallest absolute Gasteiger partial charge is 0.387 e. The van der Waals surface area contributed by atoms with Gasteiger partial charge in [-0.05, 0) is 24.3 Å². The van der Waals surface area contributed by atoms with Gasteiger partial charge in [0.2, 0.25) is 0 Å². The fourth-order valence-corrected chi connectivity index (χ4v) is 2.17. The standard InChI is InChI=1S/C12H15F2NO4S/c1-18-9(16)4-2-3-6-15-11(17)10-8(5-7-20-10)19-12(13)14/h5,7,12H,2-4,6H2,1H3,(H,15,17). The fourth-order valence-electron chi connectivity index (χ4n) is 1.43. The van der Waals surface area contributed by atoms with Crippen LogP contribution < -0.4 is 10.1 Å². The molecule has 0 fully saturated rings. The summed E-state index contributed by atoms with van der Waals surface area (Å²) in [6, 6.07) is 1.32. The van der Waals surface area contributed by atoms with Gasteiger partial charge in [0, 0.05) is 13.0 Å². The Morgan fingerprint density at radius 3 is 2.80 bits per heavy atom. The number of carbonyl (C=O) groups excluding carboxylic acids is 2. The van der Waals surface area contributed by atoms with E-state index in [-0.39, 0.29) is 23.0 Å². The molecule has 0 aliphatic carbocycles. The molecule has 20 heavy (non-hydrogen) atoms. The van der Waals surface area contributed by atoms with Crippen LogP contribution in [0.15, 0.2) is 11.4 Å². The van der Waals surface area contributed by atoms with Crippen molar-refractivity contribution in [2.45, 2.75) is 25.9 Å². The largest absolute Gasteiger partial charge is 0.469 e. The van der Waals surface area contributed by atoms with Crippen LogP contribution in [0.5, 0.6) is 5.75 Å². The molecule has 5 nitrogen and oxygen atoms in total. The molecule has 1 heterocycles. The van der Waals surface area contributed by atoms with Gasteiger partial charge in [0.15, 0.2) is 0 Å². The van der Waals surface area contributed by atoms with E-state index in [1.165, 1.54) is 18.6 Å². The van der Waals surface area contributed by atoms with E-state index in [9.17, 15) is 18.4 Å². The van der Waals surface area contributed by atoms with E-state index in [2.05, 4.69) is 14.8 Å². The minimum Gasteiger partial charge on any atom is -0.469 e. The van der Waals surface area contributed by atoms with Gasteiger partial charge < -0.3 is 14.8 Å². The topological polar surface area (TPSA) is 64.6 Å². The molecule has 0 radical (unpaired) electrons. The molecule has 0 unspecified atom stereocenters. The van der Waals surface area contributed by atoms with Gasteiger partial charge in [-0.25, -0.2) is 0 Å². The van der Waals surface area contributed by atoms with Gasteiger partial charge in [0.05, 0.1) is 7.11 Å². The molecule has 1 N–H and O–H groups in total. The quantitative estimate of drug-likeness (QED) is 0.592. The number of methoxy groups -OCH3 is 1. The van der Waals surface area contributed by atoms with E-state index in [0.717, 1.165) is 11.3 Å². The second kappa shape index (κ2) is 8.47. The highest BCUT2D eigenvalue weighted by molar-refractivity contribution is 7.12. The Morgan fingerprint density at radius 1 is 1.40 bits per heavy atom. The van der Waals surface area contributed by atoms with Crippen molar-refractivity contribution in [1.82, 2.24) is 5.32 Å².